The van der Waals surface area contributed by atoms with E-state index in [2.05, 4.69) is 28.6 Å². The molecule has 4 atom stereocenters. The Bertz CT molecular complexity index is 913. The van der Waals surface area contributed by atoms with E-state index in [1.54, 1.807) is 30.3 Å². The third-order valence-electron chi connectivity index (χ3n) is 4.46. The van der Waals surface area contributed by atoms with Crippen molar-refractivity contribution in [2.45, 2.75) is 43.4 Å². The van der Waals surface area contributed by atoms with E-state index in [4.69, 9.17) is 15.9 Å². The van der Waals surface area contributed by atoms with Crippen molar-refractivity contribution in [1.82, 2.24) is 16.0 Å². The van der Waals surface area contributed by atoms with Crippen molar-refractivity contribution in [1.29, 1.82) is 0 Å². The van der Waals surface area contributed by atoms with Crippen molar-refractivity contribution >= 4 is 48.3 Å². The van der Waals surface area contributed by atoms with Crippen LogP contribution in [0, 0.1) is 0 Å². The Hall–Kier alpha value is -3.65. The highest BCUT2D eigenvalue weighted by atomic mass is 32.1. The number of hydrogen-bond acceptors (Lipinski definition) is 8. The van der Waals surface area contributed by atoms with Crippen molar-refractivity contribution in [3.8, 4) is 0 Å². The fraction of sp³-hybridized carbons (Fsp3) is 0.400. The van der Waals surface area contributed by atoms with Crippen molar-refractivity contribution in [2.24, 2.45) is 5.73 Å². The third kappa shape index (κ3) is 9.87. The van der Waals surface area contributed by atoms with Gasteiger partial charge in [0, 0.05) is 12.2 Å². The molecule has 1 aromatic carbocycles. The standard InChI is InChI=1S/C20H26N4O9S/c21-11(7-15(25)26)17(29)24-14(9-34)19(31)22-12(8-16(27)28)18(30)23-13(20(32)33)6-10-4-2-1-3-5-10/h1-5,11-14,34H,6-9,21H2,(H,22,31)(H,23,30)(H,24,29)(H,25,26)(H,27,28)(H,32,33). The second-order valence-electron chi connectivity index (χ2n) is 7.20. The monoisotopic (exact) mass is 498 g/mol. The third-order valence-corrected chi connectivity index (χ3v) is 4.82. The number of benzene rings is 1. The highest BCUT2D eigenvalue weighted by Crippen LogP contribution is 2.05. The van der Waals surface area contributed by atoms with E-state index >= 15 is 0 Å². The molecule has 186 valence electrons. The van der Waals surface area contributed by atoms with Crippen molar-refractivity contribution in [2.75, 3.05) is 5.75 Å². The summed E-state index contributed by atoms with van der Waals surface area (Å²) in [6.07, 6.45) is -1.66. The van der Waals surface area contributed by atoms with E-state index in [1.165, 1.54) is 0 Å². The molecular formula is C20H26N4O9S. The minimum absolute atomic E-state index is 0.0908. The van der Waals surface area contributed by atoms with Crippen LogP contribution in [0.2, 0.25) is 0 Å². The molecule has 0 bridgehead atoms. The van der Waals surface area contributed by atoms with Gasteiger partial charge in [-0.15, -0.1) is 0 Å². The van der Waals surface area contributed by atoms with Crippen LogP contribution in [0.15, 0.2) is 30.3 Å². The van der Waals surface area contributed by atoms with Crippen LogP contribution in [-0.2, 0) is 35.2 Å². The van der Waals surface area contributed by atoms with Gasteiger partial charge in [-0.2, -0.15) is 12.6 Å². The Labute approximate surface area is 199 Å². The summed E-state index contributed by atoms with van der Waals surface area (Å²) in [5.41, 5.74) is 6.04. The highest BCUT2D eigenvalue weighted by Gasteiger charge is 2.31. The molecule has 14 heteroatoms. The zero-order valence-electron chi connectivity index (χ0n) is 17.8. The Morgan fingerprint density at radius 3 is 1.76 bits per heavy atom. The Morgan fingerprint density at radius 2 is 1.26 bits per heavy atom. The predicted molar refractivity (Wildman–Crippen MR) is 120 cm³/mol. The molecule has 0 fully saturated rings. The number of carbonyl (C=O) groups excluding carboxylic acids is 3. The lowest BCUT2D eigenvalue weighted by Crippen LogP contribution is -2.58. The lowest BCUT2D eigenvalue weighted by atomic mass is 10.0. The summed E-state index contributed by atoms with van der Waals surface area (Å²) in [4.78, 5) is 70.7. The number of hydrogen-bond donors (Lipinski definition) is 8. The van der Waals surface area contributed by atoms with E-state index in [1.807, 2.05) is 0 Å². The molecule has 1 aromatic rings. The molecule has 1 rings (SSSR count). The largest absolute Gasteiger partial charge is 0.481 e. The van der Waals surface area contributed by atoms with Gasteiger partial charge >= 0.3 is 17.9 Å². The van der Waals surface area contributed by atoms with Crippen LogP contribution < -0.4 is 21.7 Å². The number of nitrogens with one attached hydrogen (secondary N) is 3. The van der Waals surface area contributed by atoms with E-state index in [9.17, 15) is 33.9 Å². The molecule has 0 saturated carbocycles. The molecule has 8 N–H and O–H groups in total. The maximum atomic E-state index is 12.6. The van der Waals surface area contributed by atoms with Crippen LogP contribution in [0.5, 0.6) is 0 Å². The first-order valence-electron chi connectivity index (χ1n) is 9.92. The summed E-state index contributed by atoms with van der Waals surface area (Å²) in [5.74, 6) is -7.48. The number of nitrogens with two attached hydrogens (primary N) is 1. The van der Waals surface area contributed by atoms with Crippen LogP contribution >= 0.6 is 12.6 Å². The van der Waals surface area contributed by atoms with Gasteiger partial charge in [0.25, 0.3) is 0 Å². The minimum atomic E-state index is -1.67. The van der Waals surface area contributed by atoms with Crippen LogP contribution in [0.1, 0.15) is 18.4 Å². The van der Waals surface area contributed by atoms with E-state index in [0.717, 1.165) is 0 Å². The molecule has 0 radical (unpaired) electrons. The topological polar surface area (TPSA) is 225 Å². The molecular weight excluding hydrogens is 472 g/mol. The fourth-order valence-electron chi connectivity index (χ4n) is 2.73. The molecule has 0 aliphatic rings. The van der Waals surface area contributed by atoms with Gasteiger partial charge in [-0.1, -0.05) is 30.3 Å². The van der Waals surface area contributed by atoms with Gasteiger partial charge in [0.2, 0.25) is 17.7 Å². The molecule has 3 amide bonds. The number of amides is 3. The first kappa shape index (κ1) is 28.4. The maximum Gasteiger partial charge on any atom is 0.326 e. The average Bonchev–Trinajstić information content (AvgIpc) is 2.75. The van der Waals surface area contributed by atoms with Gasteiger partial charge in [-0.3, -0.25) is 24.0 Å². The lowest BCUT2D eigenvalue weighted by Gasteiger charge is -2.23. The van der Waals surface area contributed by atoms with Crippen LogP contribution in [0.25, 0.3) is 0 Å². The number of thiol groups is 1. The van der Waals surface area contributed by atoms with Gasteiger partial charge in [0.15, 0.2) is 0 Å². The zero-order valence-corrected chi connectivity index (χ0v) is 18.7. The van der Waals surface area contributed by atoms with E-state index in [-0.39, 0.29) is 12.2 Å². The van der Waals surface area contributed by atoms with Gasteiger partial charge in [-0.05, 0) is 5.56 Å². The molecule has 13 nitrogen and oxygen atoms in total. The van der Waals surface area contributed by atoms with Gasteiger partial charge in [0.1, 0.15) is 18.1 Å². The van der Waals surface area contributed by atoms with Crippen molar-refractivity contribution in [3.63, 3.8) is 0 Å². The fourth-order valence-corrected chi connectivity index (χ4v) is 2.99. The second kappa shape index (κ2) is 13.8. The van der Waals surface area contributed by atoms with Crippen LogP contribution in [-0.4, -0.2) is 80.9 Å². The number of aliphatic carboxylic acids is 3. The summed E-state index contributed by atoms with van der Waals surface area (Å²) < 4.78 is 0. The first-order valence-corrected chi connectivity index (χ1v) is 10.6. The zero-order chi connectivity index (χ0) is 25.8. The SMILES string of the molecule is NC(CC(=O)O)C(=O)NC(CS)C(=O)NC(CC(=O)O)C(=O)NC(Cc1ccccc1)C(=O)O. The molecule has 0 heterocycles. The molecule has 0 aromatic heterocycles. The minimum Gasteiger partial charge on any atom is -0.481 e. The predicted octanol–water partition coefficient (Wildman–Crippen LogP) is -2.03. The van der Waals surface area contributed by atoms with E-state index in [0.29, 0.717) is 5.56 Å². The maximum absolute atomic E-state index is 12.6. The molecule has 0 aliphatic carbocycles. The van der Waals surface area contributed by atoms with Gasteiger partial charge in [-0.25, -0.2) is 4.79 Å². The first-order chi connectivity index (χ1) is 15.9. The molecule has 34 heavy (non-hydrogen) atoms. The normalized spacial score (nSPS) is 14.1. The summed E-state index contributed by atoms with van der Waals surface area (Å²) in [7, 11) is 0. The Kier molecular flexibility index (Phi) is 11.5. The summed E-state index contributed by atoms with van der Waals surface area (Å²) >= 11 is 3.92. The van der Waals surface area contributed by atoms with Crippen molar-refractivity contribution in [3.05, 3.63) is 35.9 Å². The molecule has 4 unspecified atom stereocenters. The smallest absolute Gasteiger partial charge is 0.326 e. The van der Waals surface area contributed by atoms with Gasteiger partial charge < -0.3 is 37.0 Å². The summed E-state index contributed by atoms with van der Waals surface area (Å²) in [6, 6.07) is 2.46. The summed E-state index contributed by atoms with van der Waals surface area (Å²) in [5, 5.41) is 33.8. The molecule has 0 spiro atoms. The average molecular weight is 499 g/mol. The molecule has 0 aliphatic heterocycles. The second-order valence-corrected chi connectivity index (χ2v) is 7.56. The molecule has 0 saturated heterocycles. The summed E-state index contributed by atoms with van der Waals surface area (Å²) in [6.45, 7) is 0. The van der Waals surface area contributed by atoms with Crippen molar-refractivity contribution < 1.29 is 44.1 Å². The number of carboxylic acid groups (broad SMARTS) is 3. The lowest BCUT2D eigenvalue weighted by molar-refractivity contribution is -0.143. The van der Waals surface area contributed by atoms with E-state index < -0.39 is 72.6 Å². The van der Waals surface area contributed by atoms with Crippen LogP contribution in [0.4, 0.5) is 0 Å². The van der Waals surface area contributed by atoms with Crippen LogP contribution in [0.3, 0.4) is 0 Å². The Morgan fingerprint density at radius 1 is 0.765 bits per heavy atom. The number of carboxylic acids is 3. The quantitative estimate of drug-likeness (QED) is 0.131. The Balaban J connectivity index is 2.91. The van der Waals surface area contributed by atoms with Gasteiger partial charge in [0.05, 0.1) is 18.9 Å². The number of rotatable bonds is 14. The number of carbonyl (C=O) groups is 6. The highest BCUT2D eigenvalue weighted by molar-refractivity contribution is 7.80.